The Morgan fingerprint density at radius 1 is 1.50 bits per heavy atom. The second kappa shape index (κ2) is 6.78. The Kier molecular flexibility index (Phi) is 5.05. The predicted molar refractivity (Wildman–Crippen MR) is 78.8 cm³/mol. The second-order valence-electron chi connectivity index (χ2n) is 5.09. The maximum Gasteiger partial charge on any atom is 0.292 e. The van der Waals surface area contributed by atoms with Gasteiger partial charge in [0.25, 0.3) is 5.56 Å². The van der Waals surface area contributed by atoms with Crippen LogP contribution in [0.3, 0.4) is 0 Å². The van der Waals surface area contributed by atoms with Gasteiger partial charge < -0.3 is 10.4 Å². The van der Waals surface area contributed by atoms with Crippen molar-refractivity contribution >= 4 is 17.3 Å². The van der Waals surface area contributed by atoms with Crippen LogP contribution in [0.5, 0.6) is 0 Å². The normalized spacial score (nSPS) is 22.2. The van der Waals surface area contributed by atoms with Crippen LogP contribution in [0.25, 0.3) is 0 Å². The van der Waals surface area contributed by atoms with Crippen LogP contribution in [0, 0.1) is 18.3 Å². The number of halogens is 1. The van der Waals surface area contributed by atoms with Crippen molar-refractivity contribution in [3.8, 4) is 12.3 Å². The summed E-state index contributed by atoms with van der Waals surface area (Å²) in [7, 11) is 0. The number of aliphatic hydroxyl groups is 1. The van der Waals surface area contributed by atoms with Gasteiger partial charge in [-0.2, -0.15) is 5.10 Å². The monoisotopic (exact) mass is 295 g/mol. The van der Waals surface area contributed by atoms with E-state index >= 15 is 0 Å². The fraction of sp³-hybridized carbons (Fsp3) is 0.571. The highest BCUT2D eigenvalue weighted by molar-refractivity contribution is 6.32. The fourth-order valence-electron chi connectivity index (χ4n) is 2.42. The van der Waals surface area contributed by atoms with Gasteiger partial charge in [-0.1, -0.05) is 17.5 Å². The Bertz CT molecular complexity index is 557. The van der Waals surface area contributed by atoms with Gasteiger partial charge in [-0.25, -0.2) is 4.68 Å². The van der Waals surface area contributed by atoms with Crippen molar-refractivity contribution in [1.29, 1.82) is 0 Å². The van der Waals surface area contributed by atoms with Crippen molar-refractivity contribution in [2.45, 2.75) is 38.3 Å². The smallest absolute Gasteiger partial charge is 0.292 e. The van der Waals surface area contributed by atoms with Gasteiger partial charge >= 0.3 is 0 Å². The number of hydrogen-bond acceptors (Lipinski definition) is 4. The molecule has 0 spiro atoms. The zero-order valence-corrected chi connectivity index (χ0v) is 11.9. The summed E-state index contributed by atoms with van der Waals surface area (Å²) in [6, 6.07) is 0. The Morgan fingerprint density at radius 2 is 2.20 bits per heavy atom. The van der Waals surface area contributed by atoms with Crippen molar-refractivity contribution in [3.05, 3.63) is 21.6 Å². The first-order chi connectivity index (χ1) is 9.61. The number of nitrogens with one attached hydrogen (secondary N) is 1. The first kappa shape index (κ1) is 14.9. The average Bonchev–Trinajstić information content (AvgIpc) is 2.44. The third kappa shape index (κ3) is 3.53. The first-order valence-electron chi connectivity index (χ1n) is 6.73. The van der Waals surface area contributed by atoms with Crippen molar-refractivity contribution < 1.29 is 5.11 Å². The van der Waals surface area contributed by atoms with Crippen LogP contribution < -0.4 is 10.9 Å². The molecule has 1 aliphatic carbocycles. The molecule has 1 fully saturated rings. The van der Waals surface area contributed by atoms with Crippen LogP contribution in [0.15, 0.2) is 11.0 Å². The van der Waals surface area contributed by atoms with Gasteiger partial charge in [0.15, 0.2) is 0 Å². The molecule has 20 heavy (non-hydrogen) atoms. The Labute approximate surface area is 123 Å². The molecule has 2 rings (SSSR count). The molecule has 6 heteroatoms. The predicted octanol–water partition coefficient (Wildman–Crippen LogP) is 1.49. The molecular formula is C14H18ClN3O2. The Hall–Kier alpha value is -1.51. The van der Waals surface area contributed by atoms with Crippen molar-refractivity contribution in [3.63, 3.8) is 0 Å². The Balaban J connectivity index is 2.04. The van der Waals surface area contributed by atoms with Gasteiger partial charge in [-0.15, -0.1) is 6.42 Å². The molecule has 0 radical (unpaired) electrons. The maximum absolute atomic E-state index is 12.1. The van der Waals surface area contributed by atoms with E-state index in [1.165, 1.54) is 10.9 Å². The van der Waals surface area contributed by atoms with E-state index in [-0.39, 0.29) is 18.2 Å². The van der Waals surface area contributed by atoms with Gasteiger partial charge in [0.05, 0.1) is 17.3 Å². The van der Waals surface area contributed by atoms with Crippen molar-refractivity contribution in [2.75, 3.05) is 11.9 Å². The lowest BCUT2D eigenvalue weighted by Crippen LogP contribution is -2.29. The second-order valence-corrected chi connectivity index (χ2v) is 5.50. The topological polar surface area (TPSA) is 67.2 Å². The van der Waals surface area contributed by atoms with Crippen LogP contribution in [0.1, 0.15) is 25.7 Å². The molecule has 108 valence electrons. The molecule has 0 saturated heterocycles. The van der Waals surface area contributed by atoms with Crippen molar-refractivity contribution in [2.24, 2.45) is 5.92 Å². The van der Waals surface area contributed by atoms with Crippen LogP contribution in [0.2, 0.25) is 5.02 Å². The zero-order valence-electron chi connectivity index (χ0n) is 11.2. The van der Waals surface area contributed by atoms with Gasteiger partial charge in [0, 0.05) is 6.54 Å². The van der Waals surface area contributed by atoms with Crippen LogP contribution in [0.4, 0.5) is 5.69 Å². The summed E-state index contributed by atoms with van der Waals surface area (Å²) in [4.78, 5) is 12.1. The summed E-state index contributed by atoms with van der Waals surface area (Å²) in [6.07, 6.45) is 9.98. The lowest BCUT2D eigenvalue weighted by molar-refractivity contribution is 0.111. The molecule has 0 aliphatic heterocycles. The SMILES string of the molecule is C#CCn1ncc(Cl)c(NCC2CCC(O)CC2)c1=O. The molecule has 0 unspecified atom stereocenters. The lowest BCUT2D eigenvalue weighted by atomic mass is 9.87. The fourth-order valence-corrected chi connectivity index (χ4v) is 2.61. The molecule has 1 heterocycles. The van der Waals surface area contributed by atoms with E-state index in [4.69, 9.17) is 18.0 Å². The molecular weight excluding hydrogens is 278 g/mol. The van der Waals surface area contributed by atoms with Gasteiger partial charge in [0.1, 0.15) is 12.2 Å². The summed E-state index contributed by atoms with van der Waals surface area (Å²) in [5, 5.41) is 16.8. The largest absolute Gasteiger partial charge is 0.393 e. The number of rotatable bonds is 4. The highest BCUT2D eigenvalue weighted by atomic mass is 35.5. The van der Waals surface area contributed by atoms with E-state index in [2.05, 4.69) is 16.3 Å². The minimum absolute atomic E-state index is 0.125. The molecule has 2 N–H and O–H groups in total. The van der Waals surface area contributed by atoms with Gasteiger partial charge in [-0.3, -0.25) is 4.79 Å². The van der Waals surface area contributed by atoms with E-state index in [0.29, 0.717) is 23.2 Å². The molecule has 0 atom stereocenters. The number of aliphatic hydroxyl groups excluding tert-OH is 1. The van der Waals surface area contributed by atoms with Gasteiger partial charge in [0.2, 0.25) is 0 Å². The average molecular weight is 296 g/mol. The van der Waals surface area contributed by atoms with E-state index in [1.807, 2.05) is 0 Å². The standard InChI is InChI=1S/C14H18ClN3O2/c1-2-7-18-14(20)13(12(15)9-17-18)16-8-10-3-5-11(19)6-4-10/h1,9-11,16,19H,3-8H2. The quantitative estimate of drug-likeness (QED) is 0.826. The summed E-state index contributed by atoms with van der Waals surface area (Å²) < 4.78 is 1.21. The van der Waals surface area contributed by atoms with Crippen LogP contribution >= 0.6 is 11.6 Å². The van der Waals surface area contributed by atoms with E-state index in [1.54, 1.807) is 0 Å². The molecule has 1 aromatic rings. The number of aromatic nitrogens is 2. The highest BCUT2D eigenvalue weighted by Gasteiger charge is 2.20. The summed E-state index contributed by atoms with van der Waals surface area (Å²) in [5.74, 6) is 2.83. The third-order valence-corrected chi connectivity index (χ3v) is 3.91. The molecule has 5 nitrogen and oxygen atoms in total. The van der Waals surface area contributed by atoms with E-state index < -0.39 is 0 Å². The number of terminal acetylenes is 1. The maximum atomic E-state index is 12.1. The number of hydrogen-bond donors (Lipinski definition) is 2. The molecule has 1 aromatic heterocycles. The number of anilines is 1. The first-order valence-corrected chi connectivity index (χ1v) is 7.10. The summed E-state index contributed by atoms with van der Waals surface area (Å²) >= 11 is 6.01. The summed E-state index contributed by atoms with van der Waals surface area (Å²) in [5.41, 5.74) is 0.0503. The van der Waals surface area contributed by atoms with Crippen LogP contribution in [-0.4, -0.2) is 27.5 Å². The highest BCUT2D eigenvalue weighted by Crippen LogP contribution is 2.25. The minimum Gasteiger partial charge on any atom is -0.393 e. The van der Waals surface area contributed by atoms with Crippen molar-refractivity contribution in [1.82, 2.24) is 9.78 Å². The zero-order chi connectivity index (χ0) is 14.5. The summed E-state index contributed by atoms with van der Waals surface area (Å²) in [6.45, 7) is 0.794. The molecule has 0 bridgehead atoms. The Morgan fingerprint density at radius 3 is 2.85 bits per heavy atom. The van der Waals surface area contributed by atoms with Gasteiger partial charge in [-0.05, 0) is 31.6 Å². The molecule has 1 saturated carbocycles. The molecule has 0 amide bonds. The number of nitrogens with zero attached hydrogens (tertiary/aromatic N) is 2. The van der Waals surface area contributed by atoms with Crippen LogP contribution in [-0.2, 0) is 6.54 Å². The van der Waals surface area contributed by atoms with E-state index in [9.17, 15) is 9.90 Å². The van der Waals surface area contributed by atoms with E-state index in [0.717, 1.165) is 25.7 Å². The lowest BCUT2D eigenvalue weighted by Gasteiger charge is -2.25. The third-order valence-electron chi connectivity index (χ3n) is 3.62. The molecule has 0 aromatic carbocycles. The molecule has 1 aliphatic rings. The minimum atomic E-state index is -0.300.